The minimum atomic E-state index is 0.459. The summed E-state index contributed by atoms with van der Waals surface area (Å²) in [5.41, 5.74) is 1.03. The molecule has 0 atom stereocenters. The molecular formula is C10H10N2S. The first kappa shape index (κ1) is 8.58. The van der Waals surface area contributed by atoms with E-state index in [1.165, 1.54) is 0 Å². The highest BCUT2D eigenvalue weighted by molar-refractivity contribution is 7.99. The summed E-state index contributed by atoms with van der Waals surface area (Å²) >= 11 is 1.74. The highest BCUT2D eigenvalue weighted by atomic mass is 32.2. The number of aromatic nitrogens is 2. The molecule has 0 saturated carbocycles. The molecule has 0 saturated heterocycles. The second-order valence-corrected chi connectivity index (χ2v) is 4.09. The van der Waals surface area contributed by atoms with Crippen LogP contribution in [0.1, 0.15) is 11.5 Å². The van der Waals surface area contributed by atoms with Crippen LogP contribution < -0.4 is 0 Å². The third-order valence-electron chi connectivity index (χ3n) is 1.69. The Balaban J connectivity index is 2.01. The lowest BCUT2D eigenvalue weighted by molar-refractivity contribution is 0.934. The van der Waals surface area contributed by atoms with Gasteiger partial charge in [0, 0.05) is 11.4 Å². The Labute approximate surface area is 82.2 Å². The van der Waals surface area contributed by atoms with E-state index in [9.17, 15) is 0 Å². The van der Waals surface area contributed by atoms with Gasteiger partial charge < -0.3 is 0 Å². The number of nitrogens with zero attached hydrogens (tertiary/aromatic N) is 2. The van der Waals surface area contributed by atoms with Crippen LogP contribution in [0.2, 0.25) is 0 Å². The molecule has 2 nitrogen and oxygen atoms in total. The van der Waals surface area contributed by atoms with Crippen molar-refractivity contribution in [1.82, 2.24) is 9.97 Å². The molecule has 0 spiro atoms. The molecule has 1 aliphatic rings. The van der Waals surface area contributed by atoms with E-state index in [0.717, 1.165) is 22.3 Å². The minimum absolute atomic E-state index is 0.459. The quantitative estimate of drug-likeness (QED) is 0.413. The minimum Gasteiger partial charge on any atom is -0.238 e. The van der Waals surface area contributed by atoms with Crippen LogP contribution in [0.5, 0.6) is 0 Å². The Morgan fingerprint density at radius 1 is 1.38 bits per heavy atom. The molecule has 0 aliphatic heterocycles. The highest BCUT2D eigenvalue weighted by Crippen LogP contribution is 2.21. The Morgan fingerprint density at radius 3 is 2.77 bits per heavy atom. The van der Waals surface area contributed by atoms with Gasteiger partial charge in [0.15, 0.2) is 0 Å². The lowest BCUT2D eigenvalue weighted by Gasteiger charge is -2.01. The van der Waals surface area contributed by atoms with Crippen LogP contribution in [-0.4, -0.2) is 15.7 Å². The molecule has 66 valence electrons. The van der Waals surface area contributed by atoms with E-state index in [0.29, 0.717) is 5.92 Å². The van der Waals surface area contributed by atoms with Crippen LogP contribution in [0.15, 0.2) is 11.1 Å². The molecular weight excluding hydrogens is 180 g/mol. The number of aryl methyl sites for hydroxylation is 2. The molecule has 0 fully saturated rings. The number of rotatable bonds is 3. The zero-order chi connectivity index (χ0) is 9.26. The number of hydrogen-bond donors (Lipinski definition) is 0. The molecule has 3 heteroatoms. The van der Waals surface area contributed by atoms with E-state index < -0.39 is 0 Å². The van der Waals surface area contributed by atoms with Gasteiger partial charge in [-0.2, -0.15) is 0 Å². The largest absolute Gasteiger partial charge is 0.238 e. The smallest absolute Gasteiger partial charge is 0.126 e. The summed E-state index contributed by atoms with van der Waals surface area (Å²) in [6, 6.07) is 2.01. The third-order valence-corrected chi connectivity index (χ3v) is 2.69. The van der Waals surface area contributed by atoms with Gasteiger partial charge in [-0.15, -0.1) is 11.8 Å². The van der Waals surface area contributed by atoms with Crippen LogP contribution >= 0.6 is 11.8 Å². The molecule has 0 radical (unpaired) electrons. The normalized spacial score (nSPS) is 13.7. The SMILES string of the molecule is Cc1cc(SCC2C#C2)nc(C)n1. The fourth-order valence-electron chi connectivity index (χ4n) is 1.07. The zero-order valence-electron chi connectivity index (χ0n) is 7.66. The summed E-state index contributed by atoms with van der Waals surface area (Å²) in [5.74, 6) is 8.35. The molecule has 1 aliphatic carbocycles. The molecule has 1 aromatic rings. The van der Waals surface area contributed by atoms with Crippen molar-refractivity contribution in [2.45, 2.75) is 18.9 Å². The topological polar surface area (TPSA) is 25.8 Å². The molecule has 0 amide bonds. The van der Waals surface area contributed by atoms with E-state index in [4.69, 9.17) is 0 Å². The van der Waals surface area contributed by atoms with Gasteiger partial charge in [-0.05, 0) is 19.9 Å². The van der Waals surface area contributed by atoms with E-state index in [2.05, 4.69) is 21.8 Å². The van der Waals surface area contributed by atoms with E-state index >= 15 is 0 Å². The molecule has 0 unspecified atom stereocenters. The first-order chi connectivity index (χ1) is 6.24. The monoisotopic (exact) mass is 190 g/mol. The van der Waals surface area contributed by atoms with Crippen molar-refractivity contribution in [2.24, 2.45) is 5.92 Å². The maximum Gasteiger partial charge on any atom is 0.126 e. The molecule has 0 N–H and O–H groups in total. The summed E-state index contributed by atoms with van der Waals surface area (Å²) in [5, 5.41) is 1.06. The fourth-order valence-corrected chi connectivity index (χ4v) is 2.02. The molecule has 13 heavy (non-hydrogen) atoms. The van der Waals surface area contributed by atoms with E-state index in [1.54, 1.807) is 11.8 Å². The summed E-state index contributed by atoms with van der Waals surface area (Å²) in [6.45, 7) is 3.91. The first-order valence-electron chi connectivity index (χ1n) is 4.20. The van der Waals surface area contributed by atoms with Gasteiger partial charge >= 0.3 is 0 Å². The Bertz CT molecular complexity index is 361. The van der Waals surface area contributed by atoms with Crippen molar-refractivity contribution >= 4 is 11.8 Å². The van der Waals surface area contributed by atoms with E-state index in [1.807, 2.05) is 19.9 Å². The lowest BCUT2D eigenvalue weighted by Crippen LogP contribution is -1.94. The van der Waals surface area contributed by atoms with Gasteiger partial charge in [0.25, 0.3) is 0 Å². The van der Waals surface area contributed by atoms with Crippen LogP contribution in [0, 0.1) is 31.6 Å². The molecule has 0 aromatic carbocycles. The Hall–Kier alpha value is -1.01. The predicted octanol–water partition coefficient (Wildman–Crippen LogP) is 1.82. The summed E-state index contributed by atoms with van der Waals surface area (Å²) in [7, 11) is 0. The molecule has 1 heterocycles. The summed E-state index contributed by atoms with van der Waals surface area (Å²) in [4.78, 5) is 8.55. The van der Waals surface area contributed by atoms with Crippen molar-refractivity contribution in [1.29, 1.82) is 0 Å². The standard InChI is InChI=1S/C10H10N2S/c1-7-5-10(12-8(2)11-7)13-6-9-3-4-9/h5,9H,6H2,1-2H3. The van der Waals surface area contributed by atoms with Crippen LogP contribution in [0.4, 0.5) is 0 Å². The Kier molecular flexibility index (Phi) is 2.24. The van der Waals surface area contributed by atoms with E-state index in [-0.39, 0.29) is 0 Å². The van der Waals surface area contributed by atoms with Crippen LogP contribution in [0.25, 0.3) is 0 Å². The zero-order valence-corrected chi connectivity index (χ0v) is 8.48. The number of hydrogen-bond acceptors (Lipinski definition) is 3. The second kappa shape index (κ2) is 3.39. The van der Waals surface area contributed by atoms with Gasteiger partial charge in [0.05, 0.1) is 5.92 Å². The maximum absolute atomic E-state index is 4.33. The number of thioether (sulfide) groups is 1. The third kappa shape index (κ3) is 2.46. The second-order valence-electron chi connectivity index (χ2n) is 3.05. The van der Waals surface area contributed by atoms with Crippen molar-refractivity contribution in [3.8, 4) is 11.8 Å². The predicted molar refractivity (Wildman–Crippen MR) is 53.5 cm³/mol. The van der Waals surface area contributed by atoms with Gasteiger partial charge in [-0.1, -0.05) is 11.8 Å². The van der Waals surface area contributed by atoms with Crippen LogP contribution in [-0.2, 0) is 0 Å². The lowest BCUT2D eigenvalue weighted by atomic mass is 10.4. The van der Waals surface area contributed by atoms with Gasteiger partial charge in [-0.3, -0.25) is 0 Å². The maximum atomic E-state index is 4.33. The van der Waals surface area contributed by atoms with Gasteiger partial charge in [0.2, 0.25) is 0 Å². The highest BCUT2D eigenvalue weighted by Gasteiger charge is 2.10. The van der Waals surface area contributed by atoms with Gasteiger partial charge in [0.1, 0.15) is 10.9 Å². The van der Waals surface area contributed by atoms with Crippen molar-refractivity contribution < 1.29 is 0 Å². The van der Waals surface area contributed by atoms with Crippen molar-refractivity contribution in [3.05, 3.63) is 17.6 Å². The molecule has 1 aromatic heterocycles. The Morgan fingerprint density at radius 2 is 2.15 bits per heavy atom. The first-order valence-corrected chi connectivity index (χ1v) is 5.19. The summed E-state index contributed by atoms with van der Waals surface area (Å²) in [6.07, 6.45) is 0. The summed E-state index contributed by atoms with van der Waals surface area (Å²) < 4.78 is 0. The van der Waals surface area contributed by atoms with Crippen molar-refractivity contribution in [3.63, 3.8) is 0 Å². The van der Waals surface area contributed by atoms with Gasteiger partial charge in [-0.25, -0.2) is 9.97 Å². The van der Waals surface area contributed by atoms with Crippen molar-refractivity contribution in [2.75, 3.05) is 5.75 Å². The molecule has 2 rings (SSSR count). The molecule has 0 bridgehead atoms. The average molecular weight is 190 g/mol. The van der Waals surface area contributed by atoms with Crippen LogP contribution in [0.3, 0.4) is 0 Å². The fraction of sp³-hybridized carbons (Fsp3) is 0.400. The average Bonchev–Trinajstić information content (AvgIpc) is 2.81.